The lowest BCUT2D eigenvalue weighted by atomic mass is 10.2. The van der Waals surface area contributed by atoms with E-state index in [1.807, 2.05) is 25.4 Å². The summed E-state index contributed by atoms with van der Waals surface area (Å²) >= 11 is 0. The summed E-state index contributed by atoms with van der Waals surface area (Å²) in [6.45, 7) is 0.556. The van der Waals surface area contributed by atoms with Crippen molar-refractivity contribution in [2.75, 3.05) is 17.7 Å². The Balaban J connectivity index is 1.68. The molecule has 3 aromatic rings. The number of aromatic nitrogens is 5. The summed E-state index contributed by atoms with van der Waals surface area (Å²) in [5.41, 5.74) is 1.79. The third-order valence-electron chi connectivity index (χ3n) is 3.12. The maximum atomic E-state index is 5.23. The molecule has 3 heterocycles. The summed E-state index contributed by atoms with van der Waals surface area (Å²) in [4.78, 5) is 12.8. The smallest absolute Gasteiger partial charge is 0.229 e. The van der Waals surface area contributed by atoms with E-state index < -0.39 is 0 Å². The minimum absolute atomic E-state index is 0.501. The molecule has 0 fully saturated rings. The van der Waals surface area contributed by atoms with E-state index in [1.165, 1.54) is 0 Å². The molecule has 0 aliphatic carbocycles. The van der Waals surface area contributed by atoms with E-state index in [2.05, 4.69) is 30.7 Å². The van der Waals surface area contributed by atoms with Crippen LogP contribution in [0.2, 0.25) is 0 Å². The lowest BCUT2D eigenvalue weighted by Gasteiger charge is -2.09. The zero-order chi connectivity index (χ0) is 16.1. The molecule has 0 aliphatic rings. The summed E-state index contributed by atoms with van der Waals surface area (Å²) in [6.07, 6.45) is 6.95. The number of nitrogens with one attached hydrogen (secondary N) is 2. The molecule has 0 atom stereocenters. The molecule has 0 saturated carbocycles. The number of rotatable bonds is 6. The van der Waals surface area contributed by atoms with E-state index in [0.717, 1.165) is 11.3 Å². The molecule has 0 radical (unpaired) electrons. The molecule has 0 saturated heterocycles. The minimum atomic E-state index is 0.501. The first kappa shape index (κ1) is 14.8. The quantitative estimate of drug-likeness (QED) is 0.719. The van der Waals surface area contributed by atoms with Crippen molar-refractivity contribution < 1.29 is 4.74 Å². The van der Waals surface area contributed by atoms with Crippen molar-refractivity contribution >= 4 is 17.5 Å². The second-order valence-electron chi connectivity index (χ2n) is 4.82. The van der Waals surface area contributed by atoms with E-state index in [0.29, 0.717) is 24.2 Å². The predicted octanol–water partition coefficient (Wildman–Crippen LogP) is 1.97. The molecule has 0 aromatic carbocycles. The van der Waals surface area contributed by atoms with Gasteiger partial charge in [-0.1, -0.05) is 6.07 Å². The Hall–Kier alpha value is -3.16. The lowest BCUT2D eigenvalue weighted by Crippen LogP contribution is -2.05. The zero-order valence-electron chi connectivity index (χ0n) is 12.9. The third kappa shape index (κ3) is 3.73. The molecule has 0 unspecified atom stereocenters. The molecule has 3 rings (SSSR count). The lowest BCUT2D eigenvalue weighted by molar-refractivity contribution is 0.393. The molecule has 0 bridgehead atoms. The largest absolute Gasteiger partial charge is 0.481 e. The molecule has 0 amide bonds. The average Bonchev–Trinajstić information content (AvgIpc) is 2.98. The molecule has 118 valence electrons. The predicted molar refractivity (Wildman–Crippen MR) is 86.6 cm³/mol. The number of nitrogens with zero attached hydrogens (tertiary/aromatic N) is 5. The molecule has 0 spiro atoms. The van der Waals surface area contributed by atoms with Crippen LogP contribution < -0.4 is 15.4 Å². The van der Waals surface area contributed by atoms with Gasteiger partial charge >= 0.3 is 0 Å². The van der Waals surface area contributed by atoms with E-state index in [1.54, 1.807) is 36.4 Å². The molecule has 0 aliphatic heterocycles. The third-order valence-corrected chi connectivity index (χ3v) is 3.12. The Kier molecular flexibility index (Phi) is 4.32. The highest BCUT2D eigenvalue weighted by Crippen LogP contribution is 2.16. The minimum Gasteiger partial charge on any atom is -0.481 e. The van der Waals surface area contributed by atoms with Gasteiger partial charge in [0.25, 0.3) is 0 Å². The van der Waals surface area contributed by atoms with Crippen LogP contribution in [0, 0.1) is 0 Å². The maximum absolute atomic E-state index is 5.23. The summed E-state index contributed by atoms with van der Waals surface area (Å²) in [5.74, 6) is 1.81. The van der Waals surface area contributed by atoms with Crippen molar-refractivity contribution in [1.29, 1.82) is 0 Å². The standard InChI is InChI=1S/C15H17N7O/c1-22-10-12(9-19-22)20-15-17-7-5-13(21-15)18-8-11-4-3-6-16-14(11)23-2/h3-7,9-10H,8H2,1-2H3,(H2,17,18,20,21). The van der Waals surface area contributed by atoms with Crippen molar-refractivity contribution in [3.05, 3.63) is 48.5 Å². The molecule has 8 heteroatoms. The molecule has 2 N–H and O–H groups in total. The highest BCUT2D eigenvalue weighted by Gasteiger charge is 2.05. The van der Waals surface area contributed by atoms with Crippen LogP contribution >= 0.6 is 0 Å². The van der Waals surface area contributed by atoms with Gasteiger partial charge in [-0.05, 0) is 12.1 Å². The first-order valence-electron chi connectivity index (χ1n) is 7.05. The molecule has 8 nitrogen and oxygen atoms in total. The van der Waals surface area contributed by atoms with Crippen molar-refractivity contribution in [3.63, 3.8) is 0 Å². The average molecular weight is 311 g/mol. The van der Waals surface area contributed by atoms with Gasteiger partial charge in [-0.3, -0.25) is 4.68 Å². The van der Waals surface area contributed by atoms with Gasteiger partial charge in [0.05, 0.1) is 19.0 Å². The van der Waals surface area contributed by atoms with Gasteiger partial charge in [-0.15, -0.1) is 0 Å². The Labute approximate surface area is 133 Å². The second kappa shape index (κ2) is 6.73. The SMILES string of the molecule is COc1ncccc1CNc1ccnc(Nc2cnn(C)c2)n1. The van der Waals surface area contributed by atoms with Crippen LogP contribution in [0.4, 0.5) is 17.5 Å². The first-order chi connectivity index (χ1) is 11.2. The highest BCUT2D eigenvalue weighted by molar-refractivity contribution is 5.52. The van der Waals surface area contributed by atoms with Crippen LogP contribution in [0.3, 0.4) is 0 Å². The van der Waals surface area contributed by atoms with Gasteiger partial charge in [-0.25, -0.2) is 9.97 Å². The summed E-state index contributed by atoms with van der Waals surface area (Å²) in [5, 5.41) is 10.4. The van der Waals surface area contributed by atoms with E-state index in [4.69, 9.17) is 4.74 Å². The maximum Gasteiger partial charge on any atom is 0.229 e. The van der Waals surface area contributed by atoms with Crippen LogP contribution in [-0.2, 0) is 13.6 Å². The normalized spacial score (nSPS) is 10.3. The number of aryl methyl sites for hydroxylation is 1. The molecule has 3 aromatic heterocycles. The van der Waals surface area contributed by atoms with Crippen LogP contribution in [0.15, 0.2) is 43.0 Å². The van der Waals surface area contributed by atoms with Gasteiger partial charge in [-0.2, -0.15) is 10.1 Å². The van der Waals surface area contributed by atoms with Gasteiger partial charge in [0, 0.05) is 37.7 Å². The van der Waals surface area contributed by atoms with Gasteiger partial charge in [0.1, 0.15) is 5.82 Å². The fourth-order valence-electron chi connectivity index (χ4n) is 2.06. The van der Waals surface area contributed by atoms with Gasteiger partial charge in [0.15, 0.2) is 0 Å². The number of pyridine rings is 1. The van der Waals surface area contributed by atoms with Crippen molar-refractivity contribution in [2.45, 2.75) is 6.54 Å². The van der Waals surface area contributed by atoms with Gasteiger partial charge < -0.3 is 15.4 Å². The van der Waals surface area contributed by atoms with Crippen LogP contribution in [-0.4, -0.2) is 31.8 Å². The zero-order valence-corrected chi connectivity index (χ0v) is 12.9. The monoisotopic (exact) mass is 311 g/mol. The number of methoxy groups -OCH3 is 1. The number of hydrogen-bond acceptors (Lipinski definition) is 7. The molecule has 23 heavy (non-hydrogen) atoms. The summed E-state index contributed by atoms with van der Waals surface area (Å²) in [7, 11) is 3.46. The first-order valence-corrected chi connectivity index (χ1v) is 7.05. The van der Waals surface area contributed by atoms with Crippen molar-refractivity contribution in [2.24, 2.45) is 7.05 Å². The molecular weight excluding hydrogens is 294 g/mol. The van der Waals surface area contributed by atoms with Crippen LogP contribution in [0.25, 0.3) is 0 Å². The number of hydrogen-bond donors (Lipinski definition) is 2. The topological polar surface area (TPSA) is 89.8 Å². The van der Waals surface area contributed by atoms with Crippen molar-refractivity contribution in [3.8, 4) is 5.88 Å². The summed E-state index contributed by atoms with van der Waals surface area (Å²) in [6, 6.07) is 5.63. The second-order valence-corrected chi connectivity index (χ2v) is 4.82. The number of ether oxygens (including phenoxy) is 1. The number of anilines is 3. The Morgan fingerprint density at radius 3 is 2.91 bits per heavy atom. The van der Waals surface area contributed by atoms with E-state index >= 15 is 0 Å². The Morgan fingerprint density at radius 1 is 1.22 bits per heavy atom. The van der Waals surface area contributed by atoms with E-state index in [-0.39, 0.29) is 0 Å². The fourth-order valence-corrected chi connectivity index (χ4v) is 2.06. The van der Waals surface area contributed by atoms with Crippen molar-refractivity contribution in [1.82, 2.24) is 24.7 Å². The Morgan fingerprint density at radius 2 is 2.13 bits per heavy atom. The fraction of sp³-hybridized carbons (Fsp3) is 0.200. The highest BCUT2D eigenvalue weighted by atomic mass is 16.5. The molecular formula is C15H17N7O. The summed E-state index contributed by atoms with van der Waals surface area (Å²) < 4.78 is 6.94. The Bertz CT molecular complexity index is 787. The van der Waals surface area contributed by atoms with E-state index in [9.17, 15) is 0 Å². The van der Waals surface area contributed by atoms with Crippen LogP contribution in [0.1, 0.15) is 5.56 Å². The van der Waals surface area contributed by atoms with Crippen LogP contribution in [0.5, 0.6) is 5.88 Å². The van der Waals surface area contributed by atoms with Gasteiger partial charge in [0.2, 0.25) is 11.8 Å².